The number of ether oxygens (including phenoxy) is 2. The van der Waals surface area contributed by atoms with Crippen molar-refractivity contribution in [2.24, 2.45) is 0 Å². The third-order valence-corrected chi connectivity index (χ3v) is 6.81. The number of phenolic OH excluding ortho intramolecular Hbond substituents is 1. The van der Waals surface area contributed by atoms with Crippen LogP contribution in [0.1, 0.15) is 51.5 Å². The molecule has 1 aromatic carbocycles. The third kappa shape index (κ3) is 5.12. The van der Waals surface area contributed by atoms with Crippen molar-refractivity contribution in [2.45, 2.75) is 46.0 Å². The number of esters is 1. The van der Waals surface area contributed by atoms with Gasteiger partial charge < -0.3 is 19.9 Å². The van der Waals surface area contributed by atoms with E-state index in [1.165, 1.54) is 0 Å². The molecule has 8 heteroatoms. The Morgan fingerprint density at radius 3 is 2.81 bits per heavy atom. The lowest BCUT2D eigenvalue weighted by Gasteiger charge is -2.34. The maximum atomic E-state index is 13.1. The van der Waals surface area contributed by atoms with Gasteiger partial charge in [0, 0.05) is 35.1 Å². The first-order valence-electron chi connectivity index (χ1n) is 10.5. The highest BCUT2D eigenvalue weighted by atomic mass is 79.9. The van der Waals surface area contributed by atoms with Crippen molar-refractivity contribution < 1.29 is 24.2 Å². The fourth-order valence-corrected chi connectivity index (χ4v) is 4.98. The highest BCUT2D eigenvalue weighted by Gasteiger charge is 2.39. The van der Waals surface area contributed by atoms with Crippen LogP contribution in [0.3, 0.4) is 0 Å². The predicted molar refractivity (Wildman–Crippen MR) is 125 cm³/mol. The van der Waals surface area contributed by atoms with Crippen molar-refractivity contribution in [2.75, 3.05) is 24.7 Å². The highest BCUT2D eigenvalue weighted by molar-refractivity contribution is 9.10. The molecule has 1 atom stereocenters. The molecule has 31 heavy (non-hydrogen) atoms. The molecule has 1 aliphatic carbocycles. The molecule has 0 bridgehead atoms. The monoisotopic (exact) mass is 509 g/mol. The molecule has 0 fully saturated rings. The number of halogens is 1. The van der Waals surface area contributed by atoms with E-state index < -0.39 is 11.9 Å². The normalized spacial score (nSPS) is 18.6. The van der Waals surface area contributed by atoms with Crippen LogP contribution in [0.15, 0.2) is 39.1 Å². The van der Waals surface area contributed by atoms with Gasteiger partial charge in [0.2, 0.25) is 0 Å². The van der Waals surface area contributed by atoms with Crippen molar-refractivity contribution in [1.82, 2.24) is 5.32 Å². The molecule has 2 N–H and O–H groups in total. The topological polar surface area (TPSA) is 84.9 Å². The molecule has 168 valence electrons. The van der Waals surface area contributed by atoms with Gasteiger partial charge in [-0.1, -0.05) is 6.92 Å². The molecule has 1 heterocycles. The van der Waals surface area contributed by atoms with Crippen molar-refractivity contribution in [3.05, 3.63) is 44.7 Å². The summed E-state index contributed by atoms with van der Waals surface area (Å²) in [4.78, 5) is 26.1. The summed E-state index contributed by atoms with van der Waals surface area (Å²) in [7, 11) is 0. The minimum absolute atomic E-state index is 0.00914. The van der Waals surface area contributed by atoms with Crippen molar-refractivity contribution in [3.63, 3.8) is 0 Å². The van der Waals surface area contributed by atoms with Crippen LogP contribution in [0, 0.1) is 0 Å². The maximum Gasteiger partial charge on any atom is 0.336 e. The highest BCUT2D eigenvalue weighted by Crippen LogP contribution is 2.46. The predicted octanol–water partition coefficient (Wildman–Crippen LogP) is 4.82. The summed E-state index contributed by atoms with van der Waals surface area (Å²) < 4.78 is 11.6. The van der Waals surface area contributed by atoms with Crippen molar-refractivity contribution >= 4 is 39.4 Å². The molecule has 0 spiro atoms. The number of carbonyl (C=O) groups excluding carboxylic acids is 2. The number of ketones is 1. The van der Waals surface area contributed by atoms with E-state index >= 15 is 0 Å². The summed E-state index contributed by atoms with van der Waals surface area (Å²) in [6, 6.07) is 3.45. The fraction of sp³-hybridized carbons (Fsp3) is 0.478. The van der Waals surface area contributed by atoms with E-state index in [2.05, 4.69) is 28.2 Å². The van der Waals surface area contributed by atoms with E-state index in [-0.39, 0.29) is 11.5 Å². The lowest BCUT2D eigenvalue weighted by Crippen LogP contribution is -2.34. The minimum atomic E-state index is -0.577. The number of hydrogen-bond acceptors (Lipinski definition) is 7. The second-order valence-corrected chi connectivity index (χ2v) is 9.63. The molecule has 0 unspecified atom stereocenters. The summed E-state index contributed by atoms with van der Waals surface area (Å²) in [5, 5.41) is 13.6. The molecule has 3 rings (SSSR count). The first-order chi connectivity index (χ1) is 14.9. The summed E-state index contributed by atoms with van der Waals surface area (Å²) in [6.07, 6.45) is 1.98. The number of dihydropyridines is 1. The van der Waals surface area contributed by atoms with Crippen LogP contribution in [0.4, 0.5) is 0 Å². The summed E-state index contributed by atoms with van der Waals surface area (Å²) in [5.74, 6) is 0.991. The van der Waals surface area contributed by atoms with Crippen LogP contribution in [-0.2, 0) is 14.3 Å². The average molecular weight is 510 g/mol. The van der Waals surface area contributed by atoms with Gasteiger partial charge in [0.05, 0.1) is 16.7 Å². The zero-order valence-electron chi connectivity index (χ0n) is 18.0. The van der Waals surface area contributed by atoms with Crippen LogP contribution in [0.25, 0.3) is 0 Å². The molecular formula is C23H28BrNO5S. The first kappa shape index (κ1) is 23.7. The minimum Gasteiger partial charge on any atom is -0.503 e. The Balaban J connectivity index is 2.08. The van der Waals surface area contributed by atoms with Gasteiger partial charge in [0.25, 0.3) is 0 Å². The zero-order valence-corrected chi connectivity index (χ0v) is 20.5. The molecule has 0 aromatic heterocycles. The standard InChI is InChI=1S/C23H28BrNO5S/c1-4-29-18-12-14(11-15(24)22(18)27)20-19(23(28)30-9-10-31-5-2)13(3)25-16-7-6-8-17(26)21(16)20/h11-12,20,25,27H,4-10H2,1-3H3/t20-/m0/s1. The fourth-order valence-electron chi connectivity index (χ4n) is 4.03. The van der Waals surface area contributed by atoms with E-state index in [0.717, 1.165) is 30.0 Å². The van der Waals surface area contributed by atoms with Gasteiger partial charge in [-0.25, -0.2) is 4.79 Å². The van der Waals surface area contributed by atoms with E-state index in [9.17, 15) is 14.7 Å². The smallest absolute Gasteiger partial charge is 0.336 e. The van der Waals surface area contributed by atoms with Gasteiger partial charge in [0.15, 0.2) is 17.3 Å². The Kier molecular flexibility index (Phi) is 8.11. The molecule has 0 saturated carbocycles. The number of rotatable bonds is 8. The zero-order chi connectivity index (χ0) is 22.5. The van der Waals surface area contributed by atoms with Gasteiger partial charge in [-0.05, 0) is 66.1 Å². The second-order valence-electron chi connectivity index (χ2n) is 7.38. The number of hydrogen-bond donors (Lipinski definition) is 2. The molecule has 0 radical (unpaired) electrons. The number of aromatic hydroxyl groups is 1. The lowest BCUT2D eigenvalue weighted by molar-refractivity contribution is -0.138. The van der Waals surface area contributed by atoms with Gasteiger partial charge in [0.1, 0.15) is 6.61 Å². The molecule has 0 amide bonds. The maximum absolute atomic E-state index is 13.1. The molecule has 0 saturated heterocycles. The van der Waals surface area contributed by atoms with Gasteiger partial charge in [-0.15, -0.1) is 0 Å². The third-order valence-electron chi connectivity index (χ3n) is 5.34. The molecular weight excluding hydrogens is 482 g/mol. The van der Waals surface area contributed by atoms with Crippen molar-refractivity contribution in [3.8, 4) is 11.5 Å². The van der Waals surface area contributed by atoms with E-state index in [1.54, 1.807) is 23.9 Å². The van der Waals surface area contributed by atoms with Crippen LogP contribution in [0.2, 0.25) is 0 Å². The molecule has 6 nitrogen and oxygen atoms in total. The number of benzene rings is 1. The van der Waals surface area contributed by atoms with Crippen LogP contribution < -0.4 is 10.1 Å². The number of carbonyl (C=O) groups is 2. The molecule has 1 aromatic rings. The molecule has 1 aliphatic heterocycles. The van der Waals surface area contributed by atoms with E-state index in [0.29, 0.717) is 52.3 Å². The van der Waals surface area contributed by atoms with Gasteiger partial charge in [-0.3, -0.25) is 4.79 Å². The average Bonchev–Trinajstić information content (AvgIpc) is 2.73. The SMILES string of the molecule is CCOc1cc([C@H]2C(C(=O)OCCSCC)=C(C)NC3=C2C(=O)CCC3)cc(Br)c1O. The first-order valence-corrected chi connectivity index (χ1v) is 12.5. The number of nitrogens with one attached hydrogen (secondary N) is 1. The Morgan fingerprint density at radius 1 is 1.32 bits per heavy atom. The number of thioether (sulfide) groups is 1. The quantitative estimate of drug-likeness (QED) is 0.383. The Morgan fingerprint density at radius 2 is 2.10 bits per heavy atom. The van der Waals surface area contributed by atoms with Crippen LogP contribution in [-0.4, -0.2) is 41.6 Å². The van der Waals surface area contributed by atoms with Gasteiger partial charge >= 0.3 is 5.97 Å². The molecule has 2 aliphatic rings. The van der Waals surface area contributed by atoms with Crippen LogP contribution in [0.5, 0.6) is 11.5 Å². The summed E-state index contributed by atoms with van der Waals surface area (Å²) in [5.41, 5.74) is 3.28. The van der Waals surface area contributed by atoms with Crippen molar-refractivity contribution in [1.29, 1.82) is 0 Å². The Hall–Kier alpha value is -1.93. The van der Waals surface area contributed by atoms with E-state index in [1.807, 2.05) is 13.8 Å². The number of allylic oxidation sites excluding steroid dienone is 3. The number of Topliss-reactive ketones (excluding diaryl/α,β-unsaturated/α-hetero) is 1. The Bertz CT molecular complexity index is 940. The number of phenols is 1. The van der Waals surface area contributed by atoms with Crippen LogP contribution >= 0.6 is 27.7 Å². The lowest BCUT2D eigenvalue weighted by atomic mass is 9.75. The second kappa shape index (κ2) is 10.6. The summed E-state index contributed by atoms with van der Waals surface area (Å²) in [6.45, 7) is 6.41. The summed E-state index contributed by atoms with van der Waals surface area (Å²) >= 11 is 5.09. The van der Waals surface area contributed by atoms with Gasteiger partial charge in [-0.2, -0.15) is 11.8 Å². The Labute approximate surface area is 195 Å². The largest absolute Gasteiger partial charge is 0.503 e. The van der Waals surface area contributed by atoms with E-state index in [4.69, 9.17) is 9.47 Å².